The summed E-state index contributed by atoms with van der Waals surface area (Å²) in [6, 6.07) is 17.5. The van der Waals surface area contributed by atoms with E-state index in [1.165, 1.54) is 12.3 Å². The van der Waals surface area contributed by atoms with Gasteiger partial charge in [0.1, 0.15) is 24.6 Å². The highest BCUT2D eigenvalue weighted by Gasteiger charge is 2.29. The van der Waals surface area contributed by atoms with E-state index in [9.17, 15) is 15.0 Å². The molecule has 0 saturated carbocycles. The number of amides is 1. The SMILES string of the molecule is Nc1ncc(Cl)cc1C(O)C(O)CNC(=O)OCC1c2ccccc2-c2ccccc21. The molecule has 160 valence electrons. The molecular formula is C23H22ClN3O4. The molecule has 2 atom stereocenters. The summed E-state index contributed by atoms with van der Waals surface area (Å²) in [6.07, 6.45) is -2.03. The van der Waals surface area contributed by atoms with Gasteiger partial charge < -0.3 is 26.0 Å². The monoisotopic (exact) mass is 439 g/mol. The number of carbonyl (C=O) groups is 1. The number of hydrogen-bond acceptors (Lipinski definition) is 6. The number of carbonyl (C=O) groups excluding carboxylic acids is 1. The molecule has 0 radical (unpaired) electrons. The molecule has 0 spiro atoms. The molecule has 0 bridgehead atoms. The number of halogens is 1. The fourth-order valence-corrected chi connectivity index (χ4v) is 4.02. The number of nitrogens with one attached hydrogen (secondary N) is 1. The van der Waals surface area contributed by atoms with Crippen molar-refractivity contribution in [2.45, 2.75) is 18.1 Å². The van der Waals surface area contributed by atoms with Crippen LogP contribution in [0.15, 0.2) is 60.8 Å². The van der Waals surface area contributed by atoms with E-state index in [2.05, 4.69) is 22.4 Å². The lowest BCUT2D eigenvalue weighted by molar-refractivity contribution is 0.0188. The van der Waals surface area contributed by atoms with Crippen LogP contribution in [0.2, 0.25) is 5.02 Å². The number of nitrogens with zero attached hydrogens (tertiary/aromatic N) is 1. The third-order valence-electron chi connectivity index (χ3n) is 5.40. The van der Waals surface area contributed by atoms with Gasteiger partial charge >= 0.3 is 6.09 Å². The van der Waals surface area contributed by atoms with Crippen molar-refractivity contribution in [1.82, 2.24) is 10.3 Å². The lowest BCUT2D eigenvalue weighted by Crippen LogP contribution is -2.36. The van der Waals surface area contributed by atoms with E-state index < -0.39 is 18.3 Å². The molecule has 0 fully saturated rings. The third kappa shape index (κ3) is 4.34. The smallest absolute Gasteiger partial charge is 0.407 e. The minimum atomic E-state index is -1.36. The van der Waals surface area contributed by atoms with Crippen molar-refractivity contribution in [3.63, 3.8) is 0 Å². The number of anilines is 1. The summed E-state index contributed by atoms with van der Waals surface area (Å²) in [5, 5.41) is 23.3. The van der Waals surface area contributed by atoms with E-state index in [0.29, 0.717) is 0 Å². The molecule has 1 amide bonds. The van der Waals surface area contributed by atoms with Gasteiger partial charge in [0.15, 0.2) is 0 Å². The maximum atomic E-state index is 12.2. The fraction of sp³-hybridized carbons (Fsp3) is 0.217. The predicted octanol–water partition coefficient (Wildman–Crippen LogP) is 3.25. The number of pyridine rings is 1. The number of fused-ring (bicyclic) bond motifs is 3. The van der Waals surface area contributed by atoms with Crippen molar-refractivity contribution in [3.05, 3.63) is 82.5 Å². The summed E-state index contributed by atoms with van der Waals surface area (Å²) < 4.78 is 5.42. The van der Waals surface area contributed by atoms with Gasteiger partial charge in [0.2, 0.25) is 0 Å². The first kappa shape index (κ1) is 21.1. The summed E-state index contributed by atoms with van der Waals surface area (Å²) in [6.45, 7) is -0.0759. The molecule has 1 aliphatic carbocycles. The Kier molecular flexibility index (Phi) is 6.08. The molecule has 3 aromatic rings. The summed E-state index contributed by atoms with van der Waals surface area (Å²) in [4.78, 5) is 16.1. The Morgan fingerprint density at radius 1 is 1.13 bits per heavy atom. The average Bonchev–Trinajstić information content (AvgIpc) is 3.11. The largest absolute Gasteiger partial charge is 0.449 e. The van der Waals surface area contributed by atoms with Gasteiger partial charge in [0.05, 0.1) is 5.02 Å². The second-order valence-corrected chi connectivity index (χ2v) is 7.78. The Morgan fingerprint density at radius 2 is 1.74 bits per heavy atom. The minimum Gasteiger partial charge on any atom is -0.449 e. The van der Waals surface area contributed by atoms with E-state index in [0.717, 1.165) is 22.3 Å². The number of aliphatic hydroxyl groups is 2. The number of ether oxygens (including phenoxy) is 1. The number of rotatable bonds is 6. The van der Waals surface area contributed by atoms with Gasteiger partial charge in [0, 0.05) is 24.2 Å². The fourth-order valence-electron chi connectivity index (χ4n) is 3.86. The highest BCUT2D eigenvalue weighted by atomic mass is 35.5. The predicted molar refractivity (Wildman–Crippen MR) is 118 cm³/mol. The molecule has 0 saturated heterocycles. The van der Waals surface area contributed by atoms with Crippen LogP contribution in [0.4, 0.5) is 10.6 Å². The lowest BCUT2D eigenvalue weighted by atomic mass is 9.98. The summed E-state index contributed by atoms with van der Waals surface area (Å²) in [5.41, 5.74) is 10.4. The van der Waals surface area contributed by atoms with Crippen LogP contribution in [0, 0.1) is 0 Å². The first-order valence-corrected chi connectivity index (χ1v) is 10.2. The quantitative estimate of drug-likeness (QED) is 0.468. The number of benzene rings is 2. The average molecular weight is 440 g/mol. The van der Waals surface area contributed by atoms with E-state index in [4.69, 9.17) is 22.1 Å². The van der Waals surface area contributed by atoms with Gasteiger partial charge in [-0.2, -0.15) is 0 Å². The highest BCUT2D eigenvalue weighted by molar-refractivity contribution is 6.30. The van der Waals surface area contributed by atoms with Crippen LogP contribution in [-0.2, 0) is 4.74 Å². The number of nitrogen functional groups attached to an aromatic ring is 1. The molecule has 1 heterocycles. The van der Waals surface area contributed by atoms with Crippen molar-refractivity contribution < 1.29 is 19.7 Å². The van der Waals surface area contributed by atoms with Crippen LogP contribution in [0.5, 0.6) is 0 Å². The van der Waals surface area contributed by atoms with Crippen LogP contribution >= 0.6 is 11.6 Å². The van der Waals surface area contributed by atoms with Crippen LogP contribution in [0.3, 0.4) is 0 Å². The van der Waals surface area contributed by atoms with Crippen molar-refractivity contribution in [2.24, 2.45) is 0 Å². The Hall–Kier alpha value is -3.13. The Bertz CT molecular complexity index is 1060. The third-order valence-corrected chi connectivity index (χ3v) is 5.61. The summed E-state index contributed by atoms with van der Waals surface area (Å²) in [7, 11) is 0. The van der Waals surface area contributed by atoms with Gasteiger partial charge in [0.25, 0.3) is 0 Å². The van der Waals surface area contributed by atoms with E-state index in [1.807, 2.05) is 36.4 Å². The highest BCUT2D eigenvalue weighted by Crippen LogP contribution is 2.44. The molecule has 2 unspecified atom stereocenters. The summed E-state index contributed by atoms with van der Waals surface area (Å²) >= 11 is 5.87. The Morgan fingerprint density at radius 3 is 2.39 bits per heavy atom. The number of aromatic nitrogens is 1. The van der Waals surface area contributed by atoms with E-state index in [1.54, 1.807) is 0 Å². The zero-order valence-electron chi connectivity index (χ0n) is 16.5. The van der Waals surface area contributed by atoms with Crippen LogP contribution < -0.4 is 11.1 Å². The van der Waals surface area contributed by atoms with E-state index in [-0.39, 0.29) is 35.5 Å². The molecular weight excluding hydrogens is 418 g/mol. The van der Waals surface area contributed by atoms with Crippen molar-refractivity contribution in [1.29, 1.82) is 0 Å². The maximum Gasteiger partial charge on any atom is 0.407 e. The minimum absolute atomic E-state index is 0.0529. The molecule has 31 heavy (non-hydrogen) atoms. The zero-order valence-corrected chi connectivity index (χ0v) is 17.3. The molecule has 1 aromatic heterocycles. The normalized spacial score (nSPS) is 14.4. The van der Waals surface area contributed by atoms with Crippen molar-refractivity contribution in [3.8, 4) is 11.1 Å². The number of nitrogens with two attached hydrogens (primary N) is 1. The second kappa shape index (κ2) is 8.93. The summed E-state index contributed by atoms with van der Waals surface area (Å²) in [5.74, 6) is -0.0110. The standard InChI is InChI=1S/C23H22ClN3O4/c24-13-9-18(22(25)26-10-13)21(29)20(28)11-27-23(30)31-12-19-16-7-3-1-5-14(16)15-6-2-4-8-17(15)19/h1-10,19-21,28-29H,11-12H2,(H2,25,26)(H,27,30). The molecule has 0 aliphatic heterocycles. The number of hydrogen-bond donors (Lipinski definition) is 4. The Labute approximate surface area is 184 Å². The van der Waals surface area contributed by atoms with Crippen molar-refractivity contribution >= 4 is 23.5 Å². The molecule has 7 nitrogen and oxygen atoms in total. The van der Waals surface area contributed by atoms with E-state index >= 15 is 0 Å². The van der Waals surface area contributed by atoms with Crippen molar-refractivity contribution in [2.75, 3.05) is 18.9 Å². The molecule has 4 rings (SSSR count). The lowest BCUT2D eigenvalue weighted by Gasteiger charge is -2.20. The van der Waals surface area contributed by atoms with Gasteiger partial charge in [-0.05, 0) is 28.3 Å². The topological polar surface area (TPSA) is 118 Å². The van der Waals surface area contributed by atoms with Gasteiger partial charge in [-0.3, -0.25) is 0 Å². The Balaban J connectivity index is 1.35. The van der Waals surface area contributed by atoms with Gasteiger partial charge in [-0.15, -0.1) is 0 Å². The first-order valence-electron chi connectivity index (χ1n) is 9.81. The first-order chi connectivity index (χ1) is 15.0. The van der Waals surface area contributed by atoms with Gasteiger partial charge in [-0.1, -0.05) is 60.1 Å². The van der Waals surface area contributed by atoms with Crippen LogP contribution in [-0.4, -0.2) is 40.5 Å². The van der Waals surface area contributed by atoms with Crippen LogP contribution in [0.1, 0.15) is 28.7 Å². The molecule has 8 heteroatoms. The van der Waals surface area contributed by atoms with Gasteiger partial charge in [-0.25, -0.2) is 9.78 Å². The molecule has 5 N–H and O–H groups in total. The second-order valence-electron chi connectivity index (χ2n) is 7.35. The molecule has 1 aliphatic rings. The van der Waals surface area contributed by atoms with Crippen LogP contribution in [0.25, 0.3) is 11.1 Å². The number of aliphatic hydroxyl groups excluding tert-OH is 2. The maximum absolute atomic E-state index is 12.2. The number of alkyl carbamates (subject to hydrolysis) is 1. The molecule has 2 aromatic carbocycles. The zero-order chi connectivity index (χ0) is 22.0.